The van der Waals surface area contributed by atoms with Crippen molar-refractivity contribution in [2.45, 2.75) is 49.1 Å². The summed E-state index contributed by atoms with van der Waals surface area (Å²) in [6.07, 6.45) is 4.58. The standard InChI is InChI=1S/C21H25FN2O3S/c22-16-3-1-6-18(15-16)24(17-4-2-5-17)28(25,26)21-9-7-19(8-10-21)27-20-11-13-23-14-12-20/h1,3,6-10,15,17,20,23H,2,4-5,11-14H2. The lowest BCUT2D eigenvalue weighted by Gasteiger charge is -2.38. The van der Waals surface area contributed by atoms with Crippen molar-refractivity contribution in [1.82, 2.24) is 5.32 Å². The smallest absolute Gasteiger partial charge is 0.264 e. The van der Waals surface area contributed by atoms with Gasteiger partial charge in [0.15, 0.2) is 0 Å². The summed E-state index contributed by atoms with van der Waals surface area (Å²) in [5, 5.41) is 3.29. The lowest BCUT2D eigenvalue weighted by Crippen LogP contribution is -2.44. The number of piperidine rings is 1. The summed E-state index contributed by atoms with van der Waals surface area (Å²) >= 11 is 0. The molecule has 7 heteroatoms. The molecule has 1 saturated carbocycles. The summed E-state index contributed by atoms with van der Waals surface area (Å²) in [6, 6.07) is 12.2. The highest BCUT2D eigenvalue weighted by atomic mass is 32.2. The SMILES string of the molecule is O=S(=O)(c1ccc(OC2CCNCC2)cc1)N(c1cccc(F)c1)C1CCC1. The number of nitrogens with zero attached hydrogens (tertiary/aromatic N) is 1. The van der Waals surface area contributed by atoms with Crippen LogP contribution in [0.1, 0.15) is 32.1 Å². The van der Waals surface area contributed by atoms with Crippen molar-refractivity contribution in [3.05, 3.63) is 54.3 Å². The second kappa shape index (κ2) is 8.09. The maximum absolute atomic E-state index is 13.7. The Kier molecular flexibility index (Phi) is 5.55. The third-order valence-electron chi connectivity index (χ3n) is 5.44. The van der Waals surface area contributed by atoms with Gasteiger partial charge in [-0.2, -0.15) is 0 Å². The van der Waals surface area contributed by atoms with Crippen LogP contribution in [0, 0.1) is 5.82 Å². The zero-order chi connectivity index (χ0) is 19.6. The molecule has 0 spiro atoms. The lowest BCUT2D eigenvalue weighted by molar-refractivity contribution is 0.162. The molecule has 5 nitrogen and oxygen atoms in total. The number of ether oxygens (including phenoxy) is 1. The van der Waals surface area contributed by atoms with Gasteiger partial charge in [0.05, 0.1) is 10.6 Å². The monoisotopic (exact) mass is 404 g/mol. The fraction of sp³-hybridized carbons (Fsp3) is 0.429. The minimum atomic E-state index is -3.78. The van der Waals surface area contributed by atoms with E-state index in [0.29, 0.717) is 11.4 Å². The molecule has 2 aromatic rings. The number of hydrogen-bond acceptors (Lipinski definition) is 4. The van der Waals surface area contributed by atoms with E-state index >= 15 is 0 Å². The Hall–Kier alpha value is -2.12. The van der Waals surface area contributed by atoms with Gasteiger partial charge < -0.3 is 10.1 Å². The Morgan fingerprint density at radius 1 is 1.00 bits per heavy atom. The molecule has 1 N–H and O–H groups in total. The van der Waals surface area contributed by atoms with Gasteiger partial charge in [-0.1, -0.05) is 6.07 Å². The van der Waals surface area contributed by atoms with Crippen molar-refractivity contribution in [2.24, 2.45) is 0 Å². The summed E-state index contributed by atoms with van der Waals surface area (Å²) < 4.78 is 47.7. The molecule has 1 aliphatic carbocycles. The molecule has 2 aliphatic rings. The van der Waals surface area contributed by atoms with Gasteiger partial charge in [0.1, 0.15) is 17.7 Å². The Balaban J connectivity index is 1.58. The van der Waals surface area contributed by atoms with Gasteiger partial charge in [-0.05, 0) is 87.7 Å². The zero-order valence-corrected chi connectivity index (χ0v) is 16.5. The molecule has 0 bridgehead atoms. The van der Waals surface area contributed by atoms with Gasteiger partial charge in [0.25, 0.3) is 10.0 Å². The Morgan fingerprint density at radius 3 is 2.32 bits per heavy atom. The van der Waals surface area contributed by atoms with Gasteiger partial charge in [0.2, 0.25) is 0 Å². The number of sulfonamides is 1. The molecular formula is C21H25FN2O3S. The summed E-state index contributed by atoms with van der Waals surface area (Å²) in [5.74, 6) is 0.231. The van der Waals surface area contributed by atoms with E-state index in [0.717, 1.165) is 45.2 Å². The van der Waals surface area contributed by atoms with Crippen LogP contribution in [0.15, 0.2) is 53.4 Å². The first-order chi connectivity index (χ1) is 13.5. The quantitative estimate of drug-likeness (QED) is 0.798. The fourth-order valence-corrected chi connectivity index (χ4v) is 5.39. The van der Waals surface area contributed by atoms with Crippen LogP contribution in [0.4, 0.5) is 10.1 Å². The molecule has 0 radical (unpaired) electrons. The van der Waals surface area contributed by atoms with Crippen LogP contribution in [0.5, 0.6) is 5.75 Å². The largest absolute Gasteiger partial charge is 0.490 e. The van der Waals surface area contributed by atoms with Crippen LogP contribution < -0.4 is 14.4 Å². The van der Waals surface area contributed by atoms with E-state index in [4.69, 9.17) is 4.74 Å². The third kappa shape index (κ3) is 4.00. The number of anilines is 1. The number of nitrogens with one attached hydrogen (secondary N) is 1. The van der Waals surface area contributed by atoms with Crippen molar-refractivity contribution in [3.63, 3.8) is 0 Å². The van der Waals surface area contributed by atoms with Crippen molar-refractivity contribution >= 4 is 15.7 Å². The molecule has 2 aromatic carbocycles. The van der Waals surface area contributed by atoms with Crippen LogP contribution in [-0.4, -0.2) is 33.7 Å². The topological polar surface area (TPSA) is 58.6 Å². The van der Waals surface area contributed by atoms with E-state index in [9.17, 15) is 12.8 Å². The molecule has 0 unspecified atom stereocenters. The molecule has 4 rings (SSSR count). The molecular weight excluding hydrogens is 379 g/mol. The second-order valence-electron chi connectivity index (χ2n) is 7.40. The Labute approximate surface area is 165 Å². The number of rotatable bonds is 6. The number of hydrogen-bond donors (Lipinski definition) is 1. The Bertz CT molecular complexity index is 908. The van der Waals surface area contributed by atoms with Crippen LogP contribution in [0.2, 0.25) is 0 Å². The van der Waals surface area contributed by atoms with E-state index in [2.05, 4.69) is 5.32 Å². The normalized spacial score (nSPS) is 18.5. The van der Waals surface area contributed by atoms with Crippen LogP contribution >= 0.6 is 0 Å². The zero-order valence-electron chi connectivity index (χ0n) is 15.7. The average molecular weight is 405 g/mol. The predicted molar refractivity (Wildman–Crippen MR) is 107 cm³/mol. The molecule has 0 atom stereocenters. The molecule has 0 aromatic heterocycles. The molecule has 1 heterocycles. The fourth-order valence-electron chi connectivity index (χ4n) is 3.69. The maximum atomic E-state index is 13.7. The first kappa shape index (κ1) is 19.2. The van der Waals surface area contributed by atoms with Gasteiger partial charge in [-0.25, -0.2) is 12.8 Å². The molecule has 1 aliphatic heterocycles. The Morgan fingerprint density at radius 2 is 1.71 bits per heavy atom. The molecule has 2 fully saturated rings. The predicted octanol–water partition coefficient (Wildman–Crippen LogP) is 3.70. The minimum absolute atomic E-state index is 0.127. The summed E-state index contributed by atoms with van der Waals surface area (Å²) in [5.41, 5.74) is 0.375. The molecule has 150 valence electrons. The molecule has 0 amide bonds. The summed E-state index contributed by atoms with van der Waals surface area (Å²) in [4.78, 5) is 0.196. The summed E-state index contributed by atoms with van der Waals surface area (Å²) in [7, 11) is -3.78. The molecule has 1 saturated heterocycles. The highest BCUT2D eigenvalue weighted by molar-refractivity contribution is 7.92. The molecule has 28 heavy (non-hydrogen) atoms. The number of benzene rings is 2. The van der Waals surface area contributed by atoms with Crippen LogP contribution in [0.25, 0.3) is 0 Å². The summed E-state index contributed by atoms with van der Waals surface area (Å²) in [6.45, 7) is 1.86. The van der Waals surface area contributed by atoms with Crippen LogP contribution in [0.3, 0.4) is 0 Å². The average Bonchev–Trinajstić information content (AvgIpc) is 2.65. The van der Waals surface area contributed by atoms with Gasteiger partial charge >= 0.3 is 0 Å². The second-order valence-corrected chi connectivity index (χ2v) is 9.22. The van der Waals surface area contributed by atoms with E-state index in [1.807, 2.05) is 0 Å². The maximum Gasteiger partial charge on any atom is 0.264 e. The first-order valence-electron chi connectivity index (χ1n) is 9.81. The third-order valence-corrected chi connectivity index (χ3v) is 7.33. The van der Waals surface area contributed by atoms with Crippen molar-refractivity contribution in [2.75, 3.05) is 17.4 Å². The first-order valence-corrected chi connectivity index (χ1v) is 11.3. The van der Waals surface area contributed by atoms with E-state index < -0.39 is 15.8 Å². The number of halogens is 1. The van der Waals surface area contributed by atoms with Gasteiger partial charge in [-0.3, -0.25) is 4.31 Å². The van der Waals surface area contributed by atoms with Crippen molar-refractivity contribution < 1.29 is 17.5 Å². The van der Waals surface area contributed by atoms with Crippen molar-refractivity contribution in [1.29, 1.82) is 0 Å². The van der Waals surface area contributed by atoms with Crippen LogP contribution in [-0.2, 0) is 10.0 Å². The van der Waals surface area contributed by atoms with Crippen molar-refractivity contribution in [3.8, 4) is 5.75 Å². The van der Waals surface area contributed by atoms with E-state index in [1.165, 1.54) is 16.4 Å². The highest BCUT2D eigenvalue weighted by Crippen LogP contribution is 2.35. The highest BCUT2D eigenvalue weighted by Gasteiger charge is 2.35. The van der Waals surface area contributed by atoms with E-state index in [1.54, 1.807) is 36.4 Å². The lowest BCUT2D eigenvalue weighted by atomic mass is 9.93. The minimum Gasteiger partial charge on any atom is -0.490 e. The van der Waals surface area contributed by atoms with Gasteiger partial charge in [0, 0.05) is 6.04 Å². The van der Waals surface area contributed by atoms with E-state index in [-0.39, 0.29) is 17.0 Å². The van der Waals surface area contributed by atoms with Gasteiger partial charge in [-0.15, -0.1) is 0 Å².